The van der Waals surface area contributed by atoms with Gasteiger partial charge in [-0.1, -0.05) is 0 Å². The van der Waals surface area contributed by atoms with Crippen molar-refractivity contribution in [2.45, 2.75) is 160 Å². The Balaban J connectivity index is 1.84. The van der Waals surface area contributed by atoms with Crippen molar-refractivity contribution in [1.29, 1.82) is 0 Å². The molecule has 0 N–H and O–H groups in total. The first-order valence-electron chi connectivity index (χ1n) is 24.5. The maximum atomic E-state index is 2.59. The van der Waals surface area contributed by atoms with Crippen molar-refractivity contribution in [2.75, 3.05) is 0 Å². The van der Waals surface area contributed by atoms with Crippen LogP contribution in [0, 0.1) is 41.5 Å². The minimum absolute atomic E-state index is 0.344. The molecule has 0 saturated carbocycles. The van der Waals surface area contributed by atoms with E-state index in [1.54, 1.807) is 8.79 Å². The van der Waals surface area contributed by atoms with Gasteiger partial charge in [0.2, 0.25) is 0 Å². The first-order chi connectivity index (χ1) is 31.7. The number of benzene rings is 6. The van der Waals surface area contributed by atoms with E-state index in [1.165, 1.54) is 111 Å². The number of aryl methyl sites for hydroxylation is 6. The first kappa shape index (κ1) is 52.8. The molecule has 1 saturated heterocycles. The Bertz CT molecular complexity index is 2510. The van der Waals surface area contributed by atoms with E-state index in [4.69, 9.17) is 0 Å². The van der Waals surface area contributed by atoms with Gasteiger partial charge < -0.3 is 0 Å². The van der Waals surface area contributed by atoms with Crippen LogP contribution in [0.1, 0.15) is 185 Å². The second-order valence-electron chi connectivity index (χ2n) is 21.1. The van der Waals surface area contributed by atoms with Gasteiger partial charge in [-0.25, -0.2) is 0 Å². The van der Waals surface area contributed by atoms with Gasteiger partial charge in [0.25, 0.3) is 0 Å². The fourth-order valence-corrected chi connectivity index (χ4v) is 72.4. The third-order valence-electron chi connectivity index (χ3n) is 13.9. The van der Waals surface area contributed by atoms with Crippen LogP contribution >= 0.6 is 57.5 Å². The number of hydrogen-bond donors (Lipinski definition) is 0. The fourth-order valence-electron chi connectivity index (χ4n) is 10.8. The van der Waals surface area contributed by atoms with E-state index in [0.717, 1.165) is 0 Å². The van der Waals surface area contributed by atoms with Crippen LogP contribution in [-0.2, 0) is 0 Å². The van der Waals surface area contributed by atoms with Gasteiger partial charge in [0.1, 0.15) is 0 Å². The molecule has 0 bridgehead atoms. The SMILES string of the molecule is Cc1cc(C)c(-c2cccc(-c3c(C)cc(C)cc3C)[c]2[Ge]2([c]3c(-c4c(C(C)C)cc(C(C)C)cc4C(C)C)cccc3-c3c(C(C)C)cc(C(C)C)cc3C(C)C)[S]SSSS[S]2)c(C)c1. The molecule has 354 valence electrons. The zero-order valence-electron chi connectivity index (χ0n) is 43.5. The van der Waals surface area contributed by atoms with Gasteiger partial charge >= 0.3 is 434 Å². The quantitative estimate of drug-likeness (QED) is 0.0878. The van der Waals surface area contributed by atoms with Crippen LogP contribution in [-0.4, -0.2) is 11.0 Å². The summed E-state index contributed by atoms with van der Waals surface area (Å²) in [5.74, 6) is 2.25. The Morgan fingerprint density at radius 3 is 0.851 bits per heavy atom. The zero-order valence-corrected chi connectivity index (χ0v) is 50.5. The van der Waals surface area contributed by atoms with Gasteiger partial charge in [0.15, 0.2) is 0 Å². The third kappa shape index (κ3) is 10.5. The summed E-state index contributed by atoms with van der Waals surface area (Å²) in [7, 11) is 8.56. The number of hydrogen-bond acceptors (Lipinski definition) is 6. The van der Waals surface area contributed by atoms with Crippen LogP contribution < -0.4 is 8.79 Å². The summed E-state index contributed by atoms with van der Waals surface area (Å²) in [5, 5.41) is 0. The van der Waals surface area contributed by atoms with E-state index in [0.29, 0.717) is 35.5 Å². The predicted molar refractivity (Wildman–Crippen MR) is 318 cm³/mol. The first-order valence-corrected chi connectivity index (χ1v) is 39.2. The van der Waals surface area contributed by atoms with E-state index in [9.17, 15) is 0 Å². The Hall–Kier alpha value is -2.04. The standard InChI is InChI=1S/C60H74GeS6/c1-33(2)45-29-51(35(5)6)57(52(30-45)36(7)8)49-23-20-24-50(58-53(37(9)10)31-46(34(3)4)32-54(58)38(11)12)60(49)61(62-64-66-67-65-63-61)59-47(55-41(15)25-39(13)26-42(55)16)21-19-22-48(59)56-43(17)27-40(14)28-44(56)18/h19-38H,1-18H3. The molecule has 0 spiro atoms. The van der Waals surface area contributed by atoms with Crippen molar-refractivity contribution in [3.8, 4) is 44.5 Å². The minimum atomic E-state index is -3.97. The van der Waals surface area contributed by atoms with Crippen molar-refractivity contribution in [3.63, 3.8) is 0 Å². The van der Waals surface area contributed by atoms with Crippen LogP contribution in [0.25, 0.3) is 44.5 Å². The molecular formula is C60H74GeS6. The van der Waals surface area contributed by atoms with Crippen LogP contribution in [0.3, 0.4) is 0 Å². The van der Waals surface area contributed by atoms with Gasteiger partial charge in [0, 0.05) is 0 Å². The number of rotatable bonds is 12. The summed E-state index contributed by atoms with van der Waals surface area (Å²) < 4.78 is 3.20. The molecule has 0 radical (unpaired) electrons. The van der Waals surface area contributed by atoms with E-state index in [-0.39, 0.29) is 0 Å². The Morgan fingerprint density at radius 1 is 0.328 bits per heavy atom. The van der Waals surface area contributed by atoms with E-state index < -0.39 is 11.0 Å². The van der Waals surface area contributed by atoms with Crippen molar-refractivity contribution in [2.24, 2.45) is 0 Å². The molecule has 0 amide bonds. The Labute approximate surface area is 429 Å². The molecule has 1 aliphatic heterocycles. The van der Waals surface area contributed by atoms with Gasteiger partial charge in [-0.3, -0.25) is 0 Å². The summed E-state index contributed by atoms with van der Waals surface area (Å²) in [6, 6.07) is 35.0. The van der Waals surface area contributed by atoms with Crippen LogP contribution in [0.5, 0.6) is 0 Å². The average Bonchev–Trinajstić information content (AvgIpc) is 3.51. The third-order valence-corrected chi connectivity index (χ3v) is 56.4. The molecule has 6 aromatic carbocycles. The molecule has 6 aromatic rings. The maximum absolute atomic E-state index is 3.97. The molecule has 7 rings (SSSR count). The van der Waals surface area contributed by atoms with Gasteiger partial charge in [-0.15, -0.1) is 0 Å². The molecule has 1 aliphatic rings. The normalized spacial score (nSPS) is 14.4. The van der Waals surface area contributed by atoms with E-state index in [2.05, 4.69) is 228 Å². The van der Waals surface area contributed by atoms with Crippen LogP contribution in [0.2, 0.25) is 0 Å². The van der Waals surface area contributed by atoms with Gasteiger partial charge in [-0.05, 0) is 0 Å². The molecule has 0 nitrogen and oxygen atoms in total. The topological polar surface area (TPSA) is 0 Å². The van der Waals surface area contributed by atoms with Gasteiger partial charge in [0.05, 0.1) is 0 Å². The molecule has 7 heteroatoms. The van der Waals surface area contributed by atoms with Crippen molar-refractivity contribution in [1.82, 2.24) is 0 Å². The van der Waals surface area contributed by atoms with Crippen molar-refractivity contribution >= 4 is 77.3 Å². The zero-order chi connectivity index (χ0) is 48.8. The van der Waals surface area contributed by atoms with Gasteiger partial charge in [-0.2, -0.15) is 0 Å². The fraction of sp³-hybridized carbons (Fsp3) is 0.400. The molecule has 0 atom stereocenters. The predicted octanol–water partition coefficient (Wildman–Crippen LogP) is 20.5. The molecule has 0 unspecified atom stereocenters. The second kappa shape index (κ2) is 21.8. The van der Waals surface area contributed by atoms with Crippen molar-refractivity contribution in [3.05, 3.63) is 152 Å². The summed E-state index contributed by atoms with van der Waals surface area (Å²) >= 11 is 0. The summed E-state index contributed by atoms with van der Waals surface area (Å²) in [6.45, 7) is 42.9. The van der Waals surface area contributed by atoms with E-state index in [1.807, 2.05) is 39.3 Å². The summed E-state index contributed by atoms with van der Waals surface area (Å²) in [4.78, 5) is 0. The molecule has 67 heavy (non-hydrogen) atoms. The molecule has 0 aromatic heterocycles. The summed E-state index contributed by atoms with van der Waals surface area (Å²) in [6.07, 6.45) is 0. The monoisotopic (exact) mass is 1060 g/mol. The van der Waals surface area contributed by atoms with Crippen LogP contribution in [0.15, 0.2) is 84.9 Å². The van der Waals surface area contributed by atoms with Crippen LogP contribution in [0.4, 0.5) is 0 Å². The molecule has 1 fully saturated rings. The van der Waals surface area contributed by atoms with Crippen molar-refractivity contribution < 1.29 is 0 Å². The van der Waals surface area contributed by atoms with E-state index >= 15 is 0 Å². The molecule has 0 aliphatic carbocycles. The second-order valence-corrected chi connectivity index (χ2v) is 48.2. The molecule has 1 heterocycles. The average molecular weight is 1060 g/mol. The molecular weight excluding hydrogens is 986 g/mol. The summed E-state index contributed by atoms with van der Waals surface area (Å²) in [5.41, 5.74) is 28.3. The Morgan fingerprint density at radius 2 is 0.597 bits per heavy atom. The Kier molecular flexibility index (Phi) is 17.1.